The predicted molar refractivity (Wildman–Crippen MR) is 122 cm³/mol. The zero-order chi connectivity index (χ0) is 22.5. The maximum absolute atomic E-state index is 12.4. The van der Waals surface area contributed by atoms with Gasteiger partial charge in [0.2, 0.25) is 15.9 Å². The van der Waals surface area contributed by atoms with Crippen molar-refractivity contribution < 1.29 is 17.9 Å². The standard InChI is InChI=1S/C23H32N2O4S/c1-17-8-7-9-21(18(17)2)25(30(6,27)28)16-22(26)24-14-15-29-20-12-10-19(11-13-20)23(3,4)5/h7-13H,14-16H2,1-6H3,(H,24,26). The van der Waals surface area contributed by atoms with Crippen molar-refractivity contribution in [3.63, 3.8) is 0 Å². The van der Waals surface area contributed by atoms with Crippen LogP contribution in [0.4, 0.5) is 5.69 Å². The lowest BCUT2D eigenvalue weighted by atomic mass is 9.87. The molecule has 1 N–H and O–H groups in total. The monoisotopic (exact) mass is 432 g/mol. The first-order valence-electron chi connectivity index (χ1n) is 9.93. The molecule has 2 aromatic carbocycles. The van der Waals surface area contributed by atoms with Crippen LogP contribution in [0.3, 0.4) is 0 Å². The first-order chi connectivity index (χ1) is 13.9. The van der Waals surface area contributed by atoms with E-state index < -0.39 is 10.0 Å². The van der Waals surface area contributed by atoms with Crippen LogP contribution in [-0.2, 0) is 20.2 Å². The van der Waals surface area contributed by atoms with Gasteiger partial charge in [0, 0.05) is 0 Å². The summed E-state index contributed by atoms with van der Waals surface area (Å²) in [5.41, 5.74) is 3.61. The molecule has 0 bridgehead atoms. The molecule has 0 saturated heterocycles. The van der Waals surface area contributed by atoms with Crippen LogP contribution in [0.1, 0.15) is 37.5 Å². The molecular weight excluding hydrogens is 400 g/mol. The quantitative estimate of drug-likeness (QED) is 0.647. The molecule has 7 heteroatoms. The number of amides is 1. The number of rotatable bonds is 8. The van der Waals surface area contributed by atoms with Crippen LogP contribution in [0.15, 0.2) is 42.5 Å². The van der Waals surface area contributed by atoms with Crippen molar-refractivity contribution in [2.75, 3.05) is 30.3 Å². The van der Waals surface area contributed by atoms with Crippen LogP contribution in [0.25, 0.3) is 0 Å². The van der Waals surface area contributed by atoms with Gasteiger partial charge in [-0.05, 0) is 54.2 Å². The van der Waals surface area contributed by atoms with E-state index in [2.05, 4.69) is 26.1 Å². The molecule has 0 aliphatic carbocycles. The van der Waals surface area contributed by atoms with Crippen LogP contribution >= 0.6 is 0 Å². The fraction of sp³-hybridized carbons (Fsp3) is 0.435. The molecule has 1 amide bonds. The molecule has 0 aliphatic rings. The number of carbonyl (C=O) groups excluding carboxylic acids is 1. The highest BCUT2D eigenvalue weighted by atomic mass is 32.2. The van der Waals surface area contributed by atoms with E-state index in [4.69, 9.17) is 4.74 Å². The number of benzene rings is 2. The number of anilines is 1. The molecule has 0 saturated carbocycles. The van der Waals surface area contributed by atoms with Gasteiger partial charge >= 0.3 is 0 Å². The van der Waals surface area contributed by atoms with Gasteiger partial charge in [0.15, 0.2) is 0 Å². The van der Waals surface area contributed by atoms with E-state index in [9.17, 15) is 13.2 Å². The summed E-state index contributed by atoms with van der Waals surface area (Å²) in [6.45, 7) is 10.5. The topological polar surface area (TPSA) is 75.7 Å². The summed E-state index contributed by atoms with van der Waals surface area (Å²) < 4.78 is 31.3. The average molecular weight is 433 g/mol. The summed E-state index contributed by atoms with van der Waals surface area (Å²) in [6, 6.07) is 13.3. The Morgan fingerprint density at radius 1 is 1.07 bits per heavy atom. The number of aryl methyl sites for hydroxylation is 1. The van der Waals surface area contributed by atoms with Crippen LogP contribution < -0.4 is 14.4 Å². The lowest BCUT2D eigenvalue weighted by Crippen LogP contribution is -2.41. The van der Waals surface area contributed by atoms with Gasteiger partial charge < -0.3 is 10.1 Å². The van der Waals surface area contributed by atoms with E-state index in [1.165, 1.54) is 5.56 Å². The molecule has 0 aliphatic heterocycles. The molecule has 0 spiro atoms. The highest BCUT2D eigenvalue weighted by Crippen LogP contribution is 2.25. The predicted octanol–water partition coefficient (Wildman–Crippen LogP) is 3.56. The molecule has 6 nitrogen and oxygen atoms in total. The van der Waals surface area contributed by atoms with E-state index in [0.29, 0.717) is 12.3 Å². The molecule has 2 rings (SSSR count). The van der Waals surface area contributed by atoms with E-state index in [0.717, 1.165) is 27.4 Å². The zero-order valence-electron chi connectivity index (χ0n) is 18.7. The molecule has 0 radical (unpaired) electrons. The molecule has 0 fully saturated rings. The second-order valence-electron chi connectivity index (χ2n) is 8.46. The third kappa shape index (κ3) is 6.49. The third-order valence-electron chi connectivity index (χ3n) is 4.95. The van der Waals surface area contributed by atoms with Crippen molar-refractivity contribution in [3.8, 4) is 5.75 Å². The summed E-state index contributed by atoms with van der Waals surface area (Å²) >= 11 is 0. The Labute approximate surface area is 180 Å². The van der Waals surface area contributed by atoms with E-state index in [1.807, 2.05) is 44.2 Å². The minimum absolute atomic E-state index is 0.0770. The molecule has 30 heavy (non-hydrogen) atoms. The SMILES string of the molecule is Cc1cccc(N(CC(=O)NCCOc2ccc(C(C)(C)C)cc2)S(C)(=O)=O)c1C. The third-order valence-corrected chi connectivity index (χ3v) is 6.07. The molecule has 164 valence electrons. The smallest absolute Gasteiger partial charge is 0.240 e. The van der Waals surface area contributed by atoms with Gasteiger partial charge in [0.05, 0.1) is 18.5 Å². The Balaban J connectivity index is 1.91. The molecular formula is C23H32N2O4S. The van der Waals surface area contributed by atoms with Crippen LogP contribution in [0, 0.1) is 13.8 Å². The normalized spacial score (nSPS) is 11.8. The molecule has 0 heterocycles. The molecule has 2 aromatic rings. The summed E-state index contributed by atoms with van der Waals surface area (Å²) in [7, 11) is -3.60. The van der Waals surface area contributed by atoms with Gasteiger partial charge in [-0.25, -0.2) is 8.42 Å². The average Bonchev–Trinajstić information content (AvgIpc) is 2.65. The van der Waals surface area contributed by atoms with Crippen molar-refractivity contribution in [2.45, 2.75) is 40.0 Å². The van der Waals surface area contributed by atoms with Gasteiger partial charge in [-0.15, -0.1) is 0 Å². The highest BCUT2D eigenvalue weighted by molar-refractivity contribution is 7.92. The Hall–Kier alpha value is -2.54. The van der Waals surface area contributed by atoms with Gasteiger partial charge in [-0.2, -0.15) is 0 Å². The summed E-state index contributed by atoms with van der Waals surface area (Å²) in [5.74, 6) is 0.346. The molecule has 0 unspecified atom stereocenters. The number of carbonyl (C=O) groups is 1. The number of nitrogens with zero attached hydrogens (tertiary/aromatic N) is 1. The first-order valence-corrected chi connectivity index (χ1v) is 11.8. The van der Waals surface area contributed by atoms with Gasteiger partial charge in [0.25, 0.3) is 0 Å². The van der Waals surface area contributed by atoms with Crippen LogP contribution in [-0.4, -0.2) is 40.3 Å². The summed E-state index contributed by atoms with van der Waals surface area (Å²) in [6.07, 6.45) is 1.10. The first kappa shape index (κ1) is 23.7. The van der Waals surface area contributed by atoms with Gasteiger partial charge in [-0.1, -0.05) is 45.0 Å². The Bertz CT molecular complexity index is 977. The Morgan fingerprint density at radius 2 is 1.70 bits per heavy atom. The largest absolute Gasteiger partial charge is 0.492 e. The highest BCUT2D eigenvalue weighted by Gasteiger charge is 2.22. The number of sulfonamides is 1. The second kappa shape index (κ2) is 9.51. The maximum Gasteiger partial charge on any atom is 0.240 e. The van der Waals surface area contributed by atoms with E-state index in [1.54, 1.807) is 12.1 Å². The van der Waals surface area contributed by atoms with Crippen molar-refractivity contribution >= 4 is 21.6 Å². The summed E-state index contributed by atoms with van der Waals surface area (Å²) in [4.78, 5) is 12.4. The maximum atomic E-state index is 12.4. The van der Waals surface area contributed by atoms with Crippen molar-refractivity contribution in [1.82, 2.24) is 5.32 Å². The number of ether oxygens (including phenoxy) is 1. The minimum Gasteiger partial charge on any atom is -0.492 e. The molecule has 0 aromatic heterocycles. The van der Waals surface area contributed by atoms with E-state index in [-0.39, 0.29) is 24.4 Å². The van der Waals surface area contributed by atoms with E-state index >= 15 is 0 Å². The lowest BCUT2D eigenvalue weighted by Gasteiger charge is -2.24. The van der Waals surface area contributed by atoms with Crippen molar-refractivity contribution in [1.29, 1.82) is 0 Å². The lowest BCUT2D eigenvalue weighted by molar-refractivity contribution is -0.119. The van der Waals surface area contributed by atoms with Crippen LogP contribution in [0.2, 0.25) is 0 Å². The summed E-state index contributed by atoms with van der Waals surface area (Å²) in [5, 5.41) is 2.72. The van der Waals surface area contributed by atoms with Gasteiger partial charge in [0.1, 0.15) is 18.9 Å². The fourth-order valence-electron chi connectivity index (χ4n) is 2.98. The van der Waals surface area contributed by atoms with Crippen LogP contribution in [0.5, 0.6) is 5.75 Å². The second-order valence-corrected chi connectivity index (χ2v) is 10.4. The molecule has 0 atom stereocenters. The Morgan fingerprint density at radius 3 is 2.27 bits per heavy atom. The van der Waals surface area contributed by atoms with Crippen molar-refractivity contribution in [2.24, 2.45) is 0 Å². The fourth-order valence-corrected chi connectivity index (χ4v) is 3.89. The number of hydrogen-bond acceptors (Lipinski definition) is 4. The number of hydrogen-bond donors (Lipinski definition) is 1. The number of nitrogens with one attached hydrogen (secondary N) is 1. The Kier molecular flexibility index (Phi) is 7.53. The zero-order valence-corrected chi connectivity index (χ0v) is 19.5. The minimum atomic E-state index is -3.60. The van der Waals surface area contributed by atoms with Gasteiger partial charge in [-0.3, -0.25) is 9.10 Å². The van der Waals surface area contributed by atoms with Crippen molar-refractivity contribution in [3.05, 3.63) is 59.2 Å².